The predicted molar refractivity (Wildman–Crippen MR) is 48.6 cm³/mol. The molecule has 3 nitrogen and oxygen atoms in total. The SMILES string of the molecule is O=[C]OCc1ccc(OC(F)(F)F)cc1Cl. The van der Waals surface area contributed by atoms with E-state index in [1.54, 1.807) is 0 Å². The summed E-state index contributed by atoms with van der Waals surface area (Å²) in [6.07, 6.45) is -4.77. The minimum atomic E-state index is -4.77. The summed E-state index contributed by atoms with van der Waals surface area (Å²) in [5.74, 6) is -0.434. The van der Waals surface area contributed by atoms with E-state index in [1.807, 2.05) is 0 Å². The highest BCUT2D eigenvalue weighted by Gasteiger charge is 2.31. The third kappa shape index (κ3) is 3.98. The number of halogens is 4. The molecule has 1 aromatic rings. The molecule has 0 aliphatic heterocycles. The van der Waals surface area contributed by atoms with Crippen LogP contribution in [0.2, 0.25) is 5.02 Å². The lowest BCUT2D eigenvalue weighted by Crippen LogP contribution is -2.17. The second-order valence-electron chi connectivity index (χ2n) is 2.67. The van der Waals surface area contributed by atoms with Crippen molar-refractivity contribution >= 4 is 18.1 Å². The summed E-state index contributed by atoms with van der Waals surface area (Å²) >= 11 is 5.64. The second-order valence-corrected chi connectivity index (χ2v) is 3.08. The molecule has 0 atom stereocenters. The summed E-state index contributed by atoms with van der Waals surface area (Å²) in [5, 5.41) is 0.0111. The van der Waals surface area contributed by atoms with Crippen molar-refractivity contribution < 1.29 is 27.4 Å². The number of hydrogen-bond acceptors (Lipinski definition) is 3. The highest BCUT2D eigenvalue weighted by Crippen LogP contribution is 2.27. The van der Waals surface area contributed by atoms with E-state index in [0.717, 1.165) is 12.1 Å². The van der Waals surface area contributed by atoms with Gasteiger partial charge in [-0.3, -0.25) is 0 Å². The molecular weight excluding hydrogens is 249 g/mol. The average Bonchev–Trinajstić information content (AvgIpc) is 2.14. The van der Waals surface area contributed by atoms with Crippen molar-refractivity contribution in [3.8, 4) is 5.75 Å². The fourth-order valence-electron chi connectivity index (χ4n) is 0.949. The lowest BCUT2D eigenvalue weighted by atomic mass is 10.2. The predicted octanol–water partition coefficient (Wildman–Crippen LogP) is 2.82. The summed E-state index contributed by atoms with van der Waals surface area (Å²) in [6.45, 7) is 1.02. The molecule has 0 aliphatic rings. The van der Waals surface area contributed by atoms with Crippen LogP contribution >= 0.6 is 11.6 Å². The Balaban J connectivity index is 2.78. The Hall–Kier alpha value is -1.43. The van der Waals surface area contributed by atoms with Crippen LogP contribution < -0.4 is 4.74 Å². The number of hydrogen-bond donors (Lipinski definition) is 0. The number of carbonyl (C=O) groups excluding carboxylic acids is 1. The number of rotatable bonds is 4. The van der Waals surface area contributed by atoms with Crippen LogP contribution in [0.1, 0.15) is 5.56 Å². The Morgan fingerprint density at radius 1 is 1.38 bits per heavy atom. The van der Waals surface area contributed by atoms with E-state index in [0.29, 0.717) is 5.56 Å². The van der Waals surface area contributed by atoms with Crippen LogP contribution in [0.15, 0.2) is 18.2 Å². The normalized spacial score (nSPS) is 11.0. The van der Waals surface area contributed by atoms with Gasteiger partial charge >= 0.3 is 12.8 Å². The Bertz CT molecular complexity index is 379. The first kappa shape index (κ1) is 12.6. The van der Waals surface area contributed by atoms with Crippen LogP contribution in [0, 0.1) is 0 Å². The molecule has 16 heavy (non-hydrogen) atoms. The molecule has 0 bridgehead atoms. The maximum atomic E-state index is 11.8. The summed E-state index contributed by atoms with van der Waals surface area (Å²) in [7, 11) is 0. The highest BCUT2D eigenvalue weighted by molar-refractivity contribution is 6.31. The molecule has 0 heterocycles. The lowest BCUT2D eigenvalue weighted by Gasteiger charge is -2.10. The van der Waals surface area contributed by atoms with Crippen molar-refractivity contribution in [1.29, 1.82) is 0 Å². The minimum absolute atomic E-state index is 0.0111. The van der Waals surface area contributed by atoms with E-state index in [2.05, 4.69) is 9.47 Å². The van der Waals surface area contributed by atoms with Crippen molar-refractivity contribution in [2.45, 2.75) is 13.0 Å². The fraction of sp³-hybridized carbons (Fsp3) is 0.222. The molecule has 0 fully saturated rings. The average molecular weight is 254 g/mol. The van der Waals surface area contributed by atoms with Gasteiger partial charge < -0.3 is 9.47 Å². The summed E-state index contributed by atoms with van der Waals surface area (Å²) in [4.78, 5) is 9.78. The van der Waals surface area contributed by atoms with Gasteiger partial charge in [0, 0.05) is 5.56 Å². The Morgan fingerprint density at radius 3 is 2.56 bits per heavy atom. The van der Waals surface area contributed by atoms with E-state index in [-0.39, 0.29) is 11.6 Å². The molecule has 0 aliphatic carbocycles. The topological polar surface area (TPSA) is 35.5 Å². The van der Waals surface area contributed by atoms with Crippen LogP contribution in [0.5, 0.6) is 5.75 Å². The quantitative estimate of drug-likeness (QED) is 0.828. The van der Waals surface area contributed by atoms with E-state index in [1.165, 1.54) is 12.5 Å². The second kappa shape index (κ2) is 5.07. The monoisotopic (exact) mass is 253 g/mol. The van der Waals surface area contributed by atoms with Gasteiger partial charge in [0.05, 0.1) is 5.02 Å². The van der Waals surface area contributed by atoms with Crippen LogP contribution in [0.4, 0.5) is 13.2 Å². The maximum Gasteiger partial charge on any atom is 0.573 e. The fourth-order valence-corrected chi connectivity index (χ4v) is 1.17. The van der Waals surface area contributed by atoms with Gasteiger partial charge in [-0.05, 0) is 12.1 Å². The first-order valence-electron chi connectivity index (χ1n) is 3.95. The highest BCUT2D eigenvalue weighted by atomic mass is 35.5. The zero-order valence-electron chi connectivity index (χ0n) is 7.68. The zero-order valence-corrected chi connectivity index (χ0v) is 8.43. The van der Waals surface area contributed by atoms with Gasteiger partial charge in [-0.15, -0.1) is 13.2 Å². The van der Waals surface area contributed by atoms with Crippen molar-refractivity contribution in [3.05, 3.63) is 28.8 Å². The molecule has 0 unspecified atom stereocenters. The van der Waals surface area contributed by atoms with Crippen molar-refractivity contribution in [3.63, 3.8) is 0 Å². The van der Waals surface area contributed by atoms with Gasteiger partial charge in [-0.2, -0.15) is 0 Å². The molecule has 87 valence electrons. The smallest absolute Gasteiger partial charge is 0.452 e. The molecule has 1 rings (SSSR count). The molecule has 1 aromatic carbocycles. The Labute approximate surface area is 93.7 Å². The first-order valence-corrected chi connectivity index (χ1v) is 4.33. The van der Waals surface area contributed by atoms with E-state index >= 15 is 0 Å². The van der Waals surface area contributed by atoms with Gasteiger partial charge in [-0.1, -0.05) is 17.7 Å². The van der Waals surface area contributed by atoms with Gasteiger partial charge in [0.15, 0.2) is 0 Å². The molecule has 7 heteroatoms. The van der Waals surface area contributed by atoms with E-state index in [9.17, 15) is 18.0 Å². The number of ether oxygens (including phenoxy) is 2. The molecular formula is C9H5ClF3O3. The third-order valence-electron chi connectivity index (χ3n) is 1.54. The lowest BCUT2D eigenvalue weighted by molar-refractivity contribution is -0.274. The van der Waals surface area contributed by atoms with Crippen molar-refractivity contribution in [2.24, 2.45) is 0 Å². The standard InChI is InChI=1S/C9H5ClF3O3/c10-8-3-7(16-9(11,12)13)2-1-6(8)4-15-5-14/h1-3H,4H2. The summed E-state index contributed by atoms with van der Waals surface area (Å²) in [5.41, 5.74) is 0.361. The van der Waals surface area contributed by atoms with E-state index < -0.39 is 12.1 Å². The van der Waals surface area contributed by atoms with Crippen LogP contribution in [0.25, 0.3) is 0 Å². The number of benzene rings is 1. The summed E-state index contributed by atoms with van der Waals surface area (Å²) < 4.78 is 43.4. The molecule has 0 aromatic heterocycles. The minimum Gasteiger partial charge on any atom is -0.452 e. The first-order chi connectivity index (χ1) is 7.42. The largest absolute Gasteiger partial charge is 0.573 e. The van der Waals surface area contributed by atoms with Gasteiger partial charge in [0.25, 0.3) is 0 Å². The Morgan fingerprint density at radius 2 is 2.06 bits per heavy atom. The van der Waals surface area contributed by atoms with Crippen molar-refractivity contribution in [1.82, 2.24) is 0 Å². The molecule has 0 saturated carbocycles. The van der Waals surface area contributed by atoms with Crippen LogP contribution in [-0.4, -0.2) is 12.8 Å². The zero-order chi connectivity index (χ0) is 12.2. The molecule has 0 saturated heterocycles. The summed E-state index contributed by atoms with van der Waals surface area (Å²) in [6, 6.07) is 3.32. The van der Waals surface area contributed by atoms with Gasteiger partial charge in [0.1, 0.15) is 12.4 Å². The van der Waals surface area contributed by atoms with E-state index in [4.69, 9.17) is 11.6 Å². The molecule has 1 radical (unpaired) electrons. The molecule has 0 amide bonds. The third-order valence-corrected chi connectivity index (χ3v) is 1.90. The van der Waals surface area contributed by atoms with Gasteiger partial charge in [-0.25, -0.2) is 4.79 Å². The van der Waals surface area contributed by atoms with Crippen LogP contribution in [0.3, 0.4) is 0 Å². The molecule has 0 spiro atoms. The van der Waals surface area contributed by atoms with Crippen molar-refractivity contribution in [2.75, 3.05) is 0 Å². The van der Waals surface area contributed by atoms with Gasteiger partial charge in [0.2, 0.25) is 0 Å². The maximum absolute atomic E-state index is 11.8. The number of alkyl halides is 3. The van der Waals surface area contributed by atoms with Crippen LogP contribution in [-0.2, 0) is 16.1 Å². The molecule has 0 N–H and O–H groups in total. The Kier molecular flexibility index (Phi) is 4.00.